The van der Waals surface area contributed by atoms with Crippen LogP contribution in [0.15, 0.2) is 18.2 Å². The average molecular weight is 241 g/mol. The number of amides is 1. The van der Waals surface area contributed by atoms with Crippen LogP contribution in [0.25, 0.3) is 0 Å². The van der Waals surface area contributed by atoms with Crippen LogP contribution in [0, 0.1) is 11.6 Å². The summed E-state index contributed by atoms with van der Waals surface area (Å²) in [6.07, 6.45) is 1.95. The van der Waals surface area contributed by atoms with Crippen molar-refractivity contribution in [2.75, 3.05) is 7.05 Å². The van der Waals surface area contributed by atoms with E-state index in [9.17, 15) is 18.4 Å². The fourth-order valence-electron chi connectivity index (χ4n) is 1.62. The minimum absolute atomic E-state index is 0.252. The van der Waals surface area contributed by atoms with Crippen molar-refractivity contribution in [2.24, 2.45) is 0 Å². The van der Waals surface area contributed by atoms with E-state index in [4.69, 9.17) is 0 Å². The molecule has 1 rings (SSSR count). The van der Waals surface area contributed by atoms with Crippen LogP contribution in [-0.4, -0.2) is 24.6 Å². The molecule has 1 amide bonds. The molecule has 0 aliphatic carbocycles. The molecule has 92 valence electrons. The largest absolute Gasteiger partial charge is 0.341 e. The maximum atomic E-state index is 13.1. The molecule has 0 N–H and O–H groups in total. The van der Waals surface area contributed by atoms with Crippen molar-refractivity contribution in [1.29, 1.82) is 0 Å². The van der Waals surface area contributed by atoms with E-state index in [0.29, 0.717) is 18.4 Å². The summed E-state index contributed by atoms with van der Waals surface area (Å²) < 4.78 is 25.9. The Hall–Kier alpha value is -1.78. The smallest absolute Gasteiger partial charge is 0.209 e. The molecule has 1 aromatic rings. The molecule has 1 aromatic carbocycles. The summed E-state index contributed by atoms with van der Waals surface area (Å²) in [5.41, 5.74) is 0.473. The number of carbonyl (C=O) groups excluding carboxylic acids is 2. The summed E-state index contributed by atoms with van der Waals surface area (Å²) in [5.74, 6) is -1.89. The first-order valence-electron chi connectivity index (χ1n) is 5.16. The van der Waals surface area contributed by atoms with Crippen molar-refractivity contribution in [3.05, 3.63) is 35.4 Å². The Morgan fingerprint density at radius 2 is 2.00 bits per heavy atom. The van der Waals surface area contributed by atoms with Gasteiger partial charge in [0.15, 0.2) is 11.6 Å². The van der Waals surface area contributed by atoms with Crippen LogP contribution in [0.2, 0.25) is 0 Å². The Kier molecular flexibility index (Phi) is 4.75. The SMILES string of the molecule is CN(C=O)C(CCC=O)c1ccc(F)c(F)c1. The van der Waals surface area contributed by atoms with Crippen LogP contribution in [0.1, 0.15) is 24.4 Å². The highest BCUT2D eigenvalue weighted by molar-refractivity contribution is 5.51. The molecular weight excluding hydrogens is 228 g/mol. The number of nitrogens with zero attached hydrogens (tertiary/aromatic N) is 1. The van der Waals surface area contributed by atoms with E-state index in [0.717, 1.165) is 18.4 Å². The Bertz CT molecular complexity index is 409. The molecule has 3 nitrogen and oxygen atoms in total. The van der Waals surface area contributed by atoms with E-state index < -0.39 is 17.7 Å². The van der Waals surface area contributed by atoms with Gasteiger partial charge in [0.25, 0.3) is 0 Å². The average Bonchev–Trinajstić information content (AvgIpc) is 2.33. The van der Waals surface area contributed by atoms with E-state index in [1.807, 2.05) is 0 Å². The minimum Gasteiger partial charge on any atom is -0.341 e. The normalized spacial score (nSPS) is 11.9. The van der Waals surface area contributed by atoms with E-state index in [1.54, 1.807) is 0 Å². The van der Waals surface area contributed by atoms with E-state index >= 15 is 0 Å². The molecule has 1 unspecified atom stereocenters. The number of benzene rings is 1. The Morgan fingerprint density at radius 3 is 2.53 bits per heavy atom. The molecule has 0 saturated heterocycles. The maximum Gasteiger partial charge on any atom is 0.209 e. The minimum atomic E-state index is -0.960. The van der Waals surface area contributed by atoms with Crippen LogP contribution in [0.5, 0.6) is 0 Å². The van der Waals surface area contributed by atoms with E-state index in [1.165, 1.54) is 18.0 Å². The fraction of sp³-hybridized carbons (Fsp3) is 0.333. The molecule has 17 heavy (non-hydrogen) atoms. The maximum absolute atomic E-state index is 13.1. The monoisotopic (exact) mass is 241 g/mol. The molecule has 0 fully saturated rings. The van der Waals surface area contributed by atoms with Gasteiger partial charge in [-0.05, 0) is 24.1 Å². The Balaban J connectivity index is 2.98. The van der Waals surface area contributed by atoms with Gasteiger partial charge in [-0.25, -0.2) is 8.78 Å². The van der Waals surface area contributed by atoms with Crippen LogP contribution in [0.3, 0.4) is 0 Å². The number of aldehydes is 1. The summed E-state index contributed by atoms with van der Waals surface area (Å²) >= 11 is 0. The summed E-state index contributed by atoms with van der Waals surface area (Å²) in [6, 6.07) is 3.04. The van der Waals surface area contributed by atoms with Crippen molar-refractivity contribution in [1.82, 2.24) is 4.90 Å². The quantitative estimate of drug-likeness (QED) is 0.715. The van der Waals surface area contributed by atoms with Gasteiger partial charge in [0, 0.05) is 13.5 Å². The van der Waals surface area contributed by atoms with Gasteiger partial charge in [-0.2, -0.15) is 0 Å². The molecule has 5 heteroatoms. The van der Waals surface area contributed by atoms with Gasteiger partial charge in [0.2, 0.25) is 6.41 Å². The highest BCUT2D eigenvalue weighted by Gasteiger charge is 2.17. The van der Waals surface area contributed by atoms with Crippen molar-refractivity contribution in [3.8, 4) is 0 Å². The lowest BCUT2D eigenvalue weighted by Gasteiger charge is -2.24. The third-order valence-corrected chi connectivity index (χ3v) is 2.54. The molecule has 0 bridgehead atoms. The van der Waals surface area contributed by atoms with Crippen molar-refractivity contribution < 1.29 is 18.4 Å². The van der Waals surface area contributed by atoms with Crippen LogP contribution < -0.4 is 0 Å². The van der Waals surface area contributed by atoms with Crippen molar-refractivity contribution in [3.63, 3.8) is 0 Å². The lowest BCUT2D eigenvalue weighted by atomic mass is 10.0. The number of hydrogen-bond donors (Lipinski definition) is 0. The highest BCUT2D eigenvalue weighted by Crippen LogP contribution is 2.24. The van der Waals surface area contributed by atoms with Crippen LogP contribution >= 0.6 is 0 Å². The third-order valence-electron chi connectivity index (χ3n) is 2.54. The number of rotatable bonds is 6. The molecule has 0 saturated carbocycles. The second kappa shape index (κ2) is 6.08. The second-order valence-electron chi connectivity index (χ2n) is 3.70. The van der Waals surface area contributed by atoms with Gasteiger partial charge in [-0.3, -0.25) is 4.79 Å². The first kappa shape index (κ1) is 13.3. The van der Waals surface area contributed by atoms with Gasteiger partial charge in [0.1, 0.15) is 6.29 Å². The van der Waals surface area contributed by atoms with Crippen LogP contribution in [-0.2, 0) is 9.59 Å². The molecule has 0 aliphatic rings. The number of carbonyl (C=O) groups is 2. The fourth-order valence-corrected chi connectivity index (χ4v) is 1.62. The predicted octanol–water partition coefficient (Wildman–Crippen LogP) is 2.07. The van der Waals surface area contributed by atoms with Gasteiger partial charge in [-0.15, -0.1) is 0 Å². The topological polar surface area (TPSA) is 37.4 Å². The standard InChI is InChI=1S/C12H13F2NO2/c1-15(8-17)12(3-2-6-16)9-4-5-10(13)11(14)7-9/h4-8,12H,2-3H2,1H3. The zero-order valence-corrected chi connectivity index (χ0v) is 9.40. The first-order valence-corrected chi connectivity index (χ1v) is 5.16. The first-order chi connectivity index (χ1) is 8.10. The summed E-state index contributed by atoms with van der Waals surface area (Å²) in [6.45, 7) is 0. The van der Waals surface area contributed by atoms with Crippen molar-refractivity contribution in [2.45, 2.75) is 18.9 Å². The lowest BCUT2D eigenvalue weighted by Crippen LogP contribution is -2.23. The van der Waals surface area contributed by atoms with Gasteiger partial charge < -0.3 is 9.69 Å². The van der Waals surface area contributed by atoms with Crippen molar-refractivity contribution >= 4 is 12.7 Å². The third kappa shape index (κ3) is 3.34. The zero-order valence-electron chi connectivity index (χ0n) is 9.40. The highest BCUT2D eigenvalue weighted by atomic mass is 19.2. The molecule has 0 aromatic heterocycles. The Morgan fingerprint density at radius 1 is 1.29 bits per heavy atom. The predicted molar refractivity (Wildman–Crippen MR) is 58.2 cm³/mol. The summed E-state index contributed by atoms with van der Waals surface area (Å²) in [4.78, 5) is 22.4. The molecular formula is C12H13F2NO2. The second-order valence-corrected chi connectivity index (χ2v) is 3.70. The Labute approximate surface area is 98.0 Å². The number of hydrogen-bond acceptors (Lipinski definition) is 2. The van der Waals surface area contributed by atoms with Gasteiger partial charge >= 0.3 is 0 Å². The molecule has 0 aliphatic heterocycles. The van der Waals surface area contributed by atoms with E-state index in [2.05, 4.69) is 0 Å². The summed E-state index contributed by atoms with van der Waals surface area (Å²) in [5, 5.41) is 0. The van der Waals surface area contributed by atoms with Crippen LogP contribution in [0.4, 0.5) is 8.78 Å². The lowest BCUT2D eigenvalue weighted by molar-refractivity contribution is -0.119. The van der Waals surface area contributed by atoms with E-state index in [-0.39, 0.29) is 6.42 Å². The van der Waals surface area contributed by atoms with Gasteiger partial charge in [-0.1, -0.05) is 6.07 Å². The molecule has 1 atom stereocenters. The molecule has 0 spiro atoms. The molecule has 0 radical (unpaired) electrons. The number of halogens is 2. The zero-order chi connectivity index (χ0) is 12.8. The molecule has 0 heterocycles. The summed E-state index contributed by atoms with van der Waals surface area (Å²) in [7, 11) is 1.53. The van der Waals surface area contributed by atoms with Gasteiger partial charge in [0.05, 0.1) is 6.04 Å².